The molecule has 1 heterocycles. The van der Waals surface area contributed by atoms with Gasteiger partial charge < -0.3 is 34.6 Å². The molecular weight excluding hydrogens is 624 g/mol. The molecule has 49 heavy (non-hydrogen) atoms. The quantitative estimate of drug-likeness (QED) is 0.103. The van der Waals surface area contributed by atoms with Gasteiger partial charge in [0.2, 0.25) is 0 Å². The highest BCUT2D eigenvalue weighted by Crippen LogP contribution is 2.76. The lowest BCUT2D eigenvalue weighted by Crippen LogP contribution is -2.66. The summed E-state index contributed by atoms with van der Waals surface area (Å²) in [5.74, 6) is -0.539. The van der Waals surface area contributed by atoms with Crippen molar-refractivity contribution in [1.29, 1.82) is 0 Å². The van der Waals surface area contributed by atoms with E-state index in [0.717, 1.165) is 70.6 Å². The summed E-state index contributed by atoms with van der Waals surface area (Å²) in [7, 11) is 0. The number of fused-ring (bicyclic) bond motifs is 7. The fraction of sp³-hybridized carbons (Fsp3) is 0.900. The van der Waals surface area contributed by atoms with Crippen molar-refractivity contribution >= 4 is 11.9 Å². The number of unbranched alkanes of at least 4 members (excludes halogenated alkanes) is 1. The zero-order valence-electron chi connectivity index (χ0n) is 31.3. The molecule has 6 aliphatic rings. The fourth-order valence-electron chi connectivity index (χ4n) is 12.6. The normalized spacial score (nSPS) is 48.6. The number of aliphatic hydroxyl groups is 3. The minimum Gasteiger partial charge on any atom is -0.481 e. The molecule has 278 valence electrons. The second-order valence-corrected chi connectivity index (χ2v) is 19.1. The summed E-state index contributed by atoms with van der Waals surface area (Å²) in [6, 6.07) is 0. The van der Waals surface area contributed by atoms with Gasteiger partial charge >= 0.3 is 11.9 Å². The van der Waals surface area contributed by atoms with Crippen LogP contribution in [0.25, 0.3) is 0 Å². The summed E-state index contributed by atoms with van der Waals surface area (Å²) in [6.45, 7) is 18.7. The Bertz CT molecular complexity index is 1320. The van der Waals surface area contributed by atoms with E-state index in [1.807, 2.05) is 6.92 Å². The van der Waals surface area contributed by atoms with E-state index in [1.54, 1.807) is 0 Å². The number of aliphatic carboxylic acids is 1. The predicted molar refractivity (Wildman–Crippen MR) is 184 cm³/mol. The molecule has 5 aliphatic carbocycles. The molecule has 13 atom stereocenters. The van der Waals surface area contributed by atoms with Crippen LogP contribution in [0.15, 0.2) is 11.6 Å². The van der Waals surface area contributed by atoms with Crippen LogP contribution in [0, 0.1) is 50.2 Å². The number of esters is 1. The second kappa shape index (κ2) is 12.6. The maximum atomic E-state index is 13.0. The SMILES string of the molecule is CCCCOC(=O)[C@H]1O[C@@H](O[C@H]2CC[C@]3(C)[C@H]4CC=C5[C@@H]6CC(C)(C)CC[C@]6(C(=O)O)CC[C@@]5(C)[C@]4(C)CC[C@H]3C2(C)C)[C@H](O)[C@@H](O)[C@@H]1O. The topological polar surface area (TPSA) is 143 Å². The van der Waals surface area contributed by atoms with E-state index in [2.05, 4.69) is 54.5 Å². The third-order valence-electron chi connectivity index (χ3n) is 15.8. The molecule has 0 aromatic rings. The van der Waals surface area contributed by atoms with Crippen LogP contribution in [0.4, 0.5) is 0 Å². The number of carboxylic acid groups (broad SMARTS) is 1. The third-order valence-corrected chi connectivity index (χ3v) is 15.8. The summed E-state index contributed by atoms with van der Waals surface area (Å²) in [5.41, 5.74) is 0.594. The number of allylic oxidation sites excluding steroid dienone is 2. The lowest BCUT2D eigenvalue weighted by molar-refractivity contribution is -0.324. The Kier molecular flexibility index (Phi) is 9.55. The minimum atomic E-state index is -1.62. The lowest BCUT2D eigenvalue weighted by atomic mass is 9.33. The average Bonchev–Trinajstić information content (AvgIpc) is 3.02. The summed E-state index contributed by atoms with van der Waals surface area (Å²) < 4.78 is 17.7. The van der Waals surface area contributed by atoms with Crippen LogP contribution >= 0.6 is 0 Å². The van der Waals surface area contributed by atoms with E-state index in [4.69, 9.17) is 14.2 Å². The summed E-state index contributed by atoms with van der Waals surface area (Å²) >= 11 is 0. The number of hydrogen-bond donors (Lipinski definition) is 4. The number of carbonyl (C=O) groups is 2. The van der Waals surface area contributed by atoms with Gasteiger partial charge in [0, 0.05) is 0 Å². The zero-order chi connectivity index (χ0) is 35.9. The van der Waals surface area contributed by atoms with E-state index in [-0.39, 0.29) is 45.7 Å². The Morgan fingerprint density at radius 1 is 0.878 bits per heavy atom. The molecule has 5 fully saturated rings. The van der Waals surface area contributed by atoms with E-state index < -0.39 is 48.1 Å². The first-order valence-electron chi connectivity index (χ1n) is 19.2. The predicted octanol–water partition coefficient (Wildman–Crippen LogP) is 6.41. The van der Waals surface area contributed by atoms with Crippen molar-refractivity contribution in [3.05, 3.63) is 11.6 Å². The van der Waals surface area contributed by atoms with Gasteiger partial charge in [-0.05, 0) is 115 Å². The van der Waals surface area contributed by atoms with Gasteiger partial charge in [-0.25, -0.2) is 4.79 Å². The van der Waals surface area contributed by atoms with Gasteiger partial charge in [-0.2, -0.15) is 0 Å². The van der Waals surface area contributed by atoms with Crippen LogP contribution in [0.1, 0.15) is 132 Å². The van der Waals surface area contributed by atoms with E-state index in [0.29, 0.717) is 18.3 Å². The van der Waals surface area contributed by atoms with Crippen molar-refractivity contribution in [2.45, 2.75) is 169 Å². The smallest absolute Gasteiger partial charge is 0.338 e. The molecule has 9 nitrogen and oxygen atoms in total. The van der Waals surface area contributed by atoms with E-state index in [1.165, 1.54) is 5.57 Å². The van der Waals surface area contributed by atoms with Crippen molar-refractivity contribution in [2.24, 2.45) is 50.2 Å². The molecule has 4 saturated carbocycles. The van der Waals surface area contributed by atoms with Gasteiger partial charge in [0.25, 0.3) is 0 Å². The van der Waals surface area contributed by atoms with Gasteiger partial charge in [0.05, 0.1) is 18.1 Å². The molecule has 1 aliphatic heterocycles. The number of hydrogen-bond acceptors (Lipinski definition) is 8. The number of carbonyl (C=O) groups excluding carboxylic acids is 1. The maximum Gasteiger partial charge on any atom is 0.338 e. The number of rotatable bonds is 7. The lowest BCUT2D eigenvalue weighted by Gasteiger charge is -2.71. The van der Waals surface area contributed by atoms with Gasteiger partial charge in [-0.15, -0.1) is 0 Å². The zero-order valence-corrected chi connectivity index (χ0v) is 31.3. The Labute approximate surface area is 293 Å². The number of ether oxygens (including phenoxy) is 3. The number of carboxylic acids is 1. The molecule has 0 unspecified atom stereocenters. The van der Waals surface area contributed by atoms with Crippen LogP contribution in [-0.4, -0.2) is 75.8 Å². The molecule has 9 heteroatoms. The van der Waals surface area contributed by atoms with Crippen molar-refractivity contribution in [3.8, 4) is 0 Å². The third kappa shape index (κ3) is 5.57. The van der Waals surface area contributed by atoms with E-state index in [9.17, 15) is 30.0 Å². The van der Waals surface area contributed by atoms with Crippen molar-refractivity contribution in [2.75, 3.05) is 6.61 Å². The van der Waals surface area contributed by atoms with Crippen LogP contribution in [-0.2, 0) is 23.8 Å². The summed E-state index contributed by atoms with van der Waals surface area (Å²) in [6.07, 6.45) is 5.27. The highest BCUT2D eigenvalue weighted by Gasteiger charge is 2.69. The van der Waals surface area contributed by atoms with Gasteiger partial charge in [0.1, 0.15) is 18.3 Å². The van der Waals surface area contributed by atoms with Crippen molar-refractivity contribution < 1.29 is 44.2 Å². The Balaban J connectivity index is 1.24. The maximum absolute atomic E-state index is 13.0. The molecule has 0 spiro atoms. The molecule has 6 rings (SSSR count). The first-order chi connectivity index (χ1) is 22.8. The Morgan fingerprint density at radius 3 is 2.24 bits per heavy atom. The monoisotopic (exact) mass is 688 g/mol. The van der Waals surface area contributed by atoms with E-state index >= 15 is 0 Å². The molecule has 4 N–H and O–H groups in total. The Morgan fingerprint density at radius 2 is 1.57 bits per heavy atom. The molecule has 0 bridgehead atoms. The van der Waals surface area contributed by atoms with Gasteiger partial charge in [0.15, 0.2) is 12.4 Å². The molecule has 0 aromatic carbocycles. The Hall–Kier alpha value is -1.52. The standard InChI is InChI=1S/C40H64O9/c1-9-10-21-47-32(44)31-29(42)28(41)30(43)33(49-31)48-27-14-15-37(6)25(36(27,4)5)13-16-39(8)26(37)12-11-23-24-22-35(2,3)17-19-40(24,34(45)46)20-18-38(23,39)7/h11,24-31,33,41-43H,9-10,12-22H2,1-8H3,(H,45,46)/t24-,25-,26+,27-,28-,29-,30+,31-,33+,37-,38+,39+,40-/m0/s1. The fourth-order valence-corrected chi connectivity index (χ4v) is 12.6. The first kappa shape index (κ1) is 37.2. The molecule has 0 radical (unpaired) electrons. The van der Waals surface area contributed by atoms with Crippen molar-refractivity contribution in [1.82, 2.24) is 0 Å². The minimum absolute atomic E-state index is 0.0158. The summed E-state index contributed by atoms with van der Waals surface area (Å²) in [4.78, 5) is 25.8. The van der Waals surface area contributed by atoms with Crippen molar-refractivity contribution in [3.63, 3.8) is 0 Å². The van der Waals surface area contributed by atoms with Crippen LogP contribution in [0.3, 0.4) is 0 Å². The van der Waals surface area contributed by atoms with Crippen LogP contribution in [0.5, 0.6) is 0 Å². The van der Waals surface area contributed by atoms with Gasteiger partial charge in [-0.1, -0.05) is 73.5 Å². The molecule has 0 amide bonds. The molecular formula is C40H64O9. The van der Waals surface area contributed by atoms with Crippen LogP contribution in [0.2, 0.25) is 0 Å². The van der Waals surface area contributed by atoms with Gasteiger partial charge in [-0.3, -0.25) is 4.79 Å². The molecule has 0 aromatic heterocycles. The van der Waals surface area contributed by atoms with Crippen LogP contribution < -0.4 is 0 Å². The summed E-state index contributed by atoms with van der Waals surface area (Å²) in [5, 5.41) is 42.9. The first-order valence-corrected chi connectivity index (χ1v) is 19.2. The second-order valence-electron chi connectivity index (χ2n) is 19.1. The number of aliphatic hydroxyl groups excluding tert-OH is 3. The highest BCUT2D eigenvalue weighted by atomic mass is 16.7. The molecule has 1 saturated heterocycles. The largest absolute Gasteiger partial charge is 0.481 e. The highest BCUT2D eigenvalue weighted by molar-refractivity contribution is 5.77. The average molecular weight is 689 g/mol.